The fraction of sp³-hybridized carbons (Fsp3) is 0.314. The summed E-state index contributed by atoms with van der Waals surface area (Å²) in [4.78, 5) is 80.8. The van der Waals surface area contributed by atoms with E-state index >= 15 is 0 Å². The van der Waals surface area contributed by atoms with Crippen LogP contribution in [0.2, 0.25) is 0 Å². The molecule has 6 rings (SSSR count). The summed E-state index contributed by atoms with van der Waals surface area (Å²) in [7, 11) is 4.59. The number of nitrogens with one attached hydrogen (secondary N) is 1. The molecule has 6 atom stereocenters. The predicted octanol–water partition coefficient (Wildman–Crippen LogP) is 2.15. The van der Waals surface area contributed by atoms with Crippen molar-refractivity contribution in [2.45, 2.75) is 24.5 Å². The molecule has 0 saturated heterocycles. The summed E-state index contributed by atoms with van der Waals surface area (Å²) in [6, 6.07) is 14.9. The van der Waals surface area contributed by atoms with Gasteiger partial charge in [-0.2, -0.15) is 0 Å². The summed E-state index contributed by atoms with van der Waals surface area (Å²) in [5, 5.41) is 25.2. The van der Waals surface area contributed by atoms with Gasteiger partial charge in [0, 0.05) is 11.6 Å². The number of likely N-dealkylation sites (N-methyl/N-ethyl adjacent to an activating group) is 1. The van der Waals surface area contributed by atoms with Gasteiger partial charge in [0.1, 0.15) is 17.2 Å². The van der Waals surface area contributed by atoms with Crippen LogP contribution < -0.4 is 20.5 Å². The van der Waals surface area contributed by atoms with Gasteiger partial charge in [0.2, 0.25) is 5.91 Å². The summed E-state index contributed by atoms with van der Waals surface area (Å²) in [5.74, 6) is -10.2. The second kappa shape index (κ2) is 12.0. The second-order valence-corrected chi connectivity index (χ2v) is 12.5. The molecule has 0 bridgehead atoms. The van der Waals surface area contributed by atoms with Crippen LogP contribution in [0.1, 0.15) is 22.3 Å². The number of nitrogens with zero attached hydrogens (tertiary/aromatic N) is 1. The maximum absolute atomic E-state index is 14.0. The summed E-state index contributed by atoms with van der Waals surface area (Å²) < 4.78 is 10.4. The third-order valence-electron chi connectivity index (χ3n) is 9.66. The minimum Gasteiger partial charge on any atom is -0.507 e. The summed E-state index contributed by atoms with van der Waals surface area (Å²) >= 11 is 0. The zero-order valence-electron chi connectivity index (χ0n) is 26.3. The number of primary amides is 1. The highest BCUT2D eigenvalue weighted by Crippen LogP contribution is 2.51. The number of phenolic OH excluding ortho intramolecular Hbond substituents is 1. The number of hydrogen-bond donors (Lipinski definition) is 4. The van der Waals surface area contributed by atoms with E-state index in [1.807, 2.05) is 0 Å². The average Bonchev–Trinajstić information content (AvgIpc) is 3.03. The van der Waals surface area contributed by atoms with Crippen molar-refractivity contribution in [3.63, 3.8) is 0 Å². The Morgan fingerprint density at radius 3 is 2.19 bits per heavy atom. The first-order valence-corrected chi connectivity index (χ1v) is 15.2. The minimum absolute atomic E-state index is 0.0574. The lowest BCUT2D eigenvalue weighted by Crippen LogP contribution is -2.74. The van der Waals surface area contributed by atoms with Crippen molar-refractivity contribution in [3.05, 3.63) is 71.8 Å². The van der Waals surface area contributed by atoms with Crippen LogP contribution in [0, 0.1) is 23.7 Å². The molecule has 3 aromatic carbocycles. The highest BCUT2D eigenvalue weighted by atomic mass is 16.6. The number of rotatable bonds is 6. The molecule has 6 unspecified atom stereocenters. The highest BCUT2D eigenvalue weighted by molar-refractivity contribution is 6.32. The van der Waals surface area contributed by atoms with Crippen LogP contribution in [0.4, 0.5) is 10.5 Å². The number of benzene rings is 3. The highest BCUT2D eigenvalue weighted by Gasteiger charge is 2.69. The molecular formula is C35H33N3O10. The molecule has 48 heavy (non-hydrogen) atoms. The van der Waals surface area contributed by atoms with Crippen molar-refractivity contribution in [1.29, 1.82) is 0 Å². The Bertz CT molecular complexity index is 1870. The van der Waals surface area contributed by atoms with Crippen molar-refractivity contribution in [2.75, 3.05) is 26.5 Å². The van der Waals surface area contributed by atoms with Crippen LogP contribution in [0.15, 0.2) is 60.7 Å². The average molecular weight is 656 g/mol. The molecule has 0 aromatic heterocycles. The molecule has 0 heterocycles. The van der Waals surface area contributed by atoms with Gasteiger partial charge >= 0.3 is 6.09 Å². The molecule has 13 heteroatoms. The fourth-order valence-corrected chi connectivity index (χ4v) is 7.50. The maximum atomic E-state index is 14.0. The first kappa shape index (κ1) is 32.5. The van der Waals surface area contributed by atoms with Crippen molar-refractivity contribution in [1.82, 2.24) is 4.90 Å². The molecule has 3 aliphatic rings. The van der Waals surface area contributed by atoms with Gasteiger partial charge in [-0.25, -0.2) is 4.79 Å². The SMILES string of the molecule is COc1ccc(OC(=O)Nc2ccc(-c3ccc(O)c4c3CC3CC5C(N(C)C)C(=O)C(C(N)=O)C(=O)C5(O)C(=O)C3C4=O)cc2)cc1. The Morgan fingerprint density at radius 2 is 1.58 bits per heavy atom. The zero-order chi connectivity index (χ0) is 34.7. The van der Waals surface area contributed by atoms with Crippen LogP contribution in [0.3, 0.4) is 0 Å². The van der Waals surface area contributed by atoms with E-state index in [1.54, 1.807) is 54.6 Å². The van der Waals surface area contributed by atoms with E-state index in [1.165, 1.54) is 32.2 Å². The Hall–Kier alpha value is -5.40. The maximum Gasteiger partial charge on any atom is 0.417 e. The lowest BCUT2D eigenvalue weighted by Gasteiger charge is -2.52. The Kier molecular flexibility index (Phi) is 8.13. The summed E-state index contributed by atoms with van der Waals surface area (Å²) in [6.45, 7) is 0. The van der Waals surface area contributed by atoms with Gasteiger partial charge in [0.15, 0.2) is 34.7 Å². The van der Waals surface area contributed by atoms with E-state index in [0.29, 0.717) is 33.9 Å². The van der Waals surface area contributed by atoms with E-state index < -0.39 is 70.4 Å². The first-order valence-electron chi connectivity index (χ1n) is 15.2. The number of methoxy groups -OCH3 is 1. The standard InChI is InChI=1S/C35H33N3O10/c1-38(2)28-23-15-17-14-22-21(16-4-6-18(7-5-16)37-34(45)48-20-10-8-19(47-3)9-11-20)12-13-24(39)26(22)29(40)25(17)31(42)35(23,46)32(43)27(30(28)41)33(36)44/h4-13,17,23,25,27-28,39,46H,14-15H2,1-3H3,(H2,36,44)(H,37,45). The fourth-order valence-electron chi connectivity index (χ4n) is 7.50. The number of anilines is 1. The number of aromatic hydroxyl groups is 1. The second-order valence-electron chi connectivity index (χ2n) is 12.5. The number of amides is 2. The smallest absolute Gasteiger partial charge is 0.417 e. The minimum atomic E-state index is -2.79. The molecule has 2 fully saturated rings. The zero-order valence-corrected chi connectivity index (χ0v) is 26.3. The van der Waals surface area contributed by atoms with Crippen molar-refractivity contribution in [3.8, 4) is 28.4 Å². The number of nitrogens with two attached hydrogens (primary N) is 1. The van der Waals surface area contributed by atoms with E-state index in [0.717, 1.165) is 0 Å². The van der Waals surface area contributed by atoms with E-state index in [9.17, 15) is 39.0 Å². The molecule has 13 nitrogen and oxygen atoms in total. The molecule has 248 valence electrons. The topological polar surface area (TPSA) is 203 Å². The van der Waals surface area contributed by atoms with Crippen molar-refractivity contribution < 1.29 is 48.5 Å². The molecule has 0 aliphatic heterocycles. The van der Waals surface area contributed by atoms with Crippen LogP contribution in [0.5, 0.6) is 17.2 Å². The van der Waals surface area contributed by atoms with Gasteiger partial charge < -0.3 is 25.4 Å². The number of carbonyl (C=O) groups excluding carboxylic acids is 6. The molecule has 2 amide bonds. The van der Waals surface area contributed by atoms with Crippen molar-refractivity contribution in [2.24, 2.45) is 29.4 Å². The van der Waals surface area contributed by atoms with Gasteiger partial charge in [-0.15, -0.1) is 0 Å². The number of aliphatic hydroxyl groups is 1. The van der Waals surface area contributed by atoms with Crippen LogP contribution in [-0.2, 0) is 25.6 Å². The largest absolute Gasteiger partial charge is 0.507 e. The van der Waals surface area contributed by atoms with Crippen LogP contribution in [-0.4, -0.2) is 83.1 Å². The molecule has 3 aromatic rings. The summed E-state index contributed by atoms with van der Waals surface area (Å²) in [5.41, 5.74) is 4.59. The molecule has 3 aliphatic carbocycles. The van der Waals surface area contributed by atoms with Crippen LogP contribution >= 0.6 is 0 Å². The number of Topliss-reactive ketones (excluding diaryl/α,β-unsaturated/α-hetero) is 4. The number of fused-ring (bicyclic) bond motifs is 3. The monoisotopic (exact) mass is 655 g/mol. The Balaban J connectivity index is 1.30. The van der Waals surface area contributed by atoms with Crippen LogP contribution in [0.25, 0.3) is 11.1 Å². The molecule has 0 radical (unpaired) electrons. The van der Waals surface area contributed by atoms with Crippen molar-refractivity contribution >= 4 is 40.8 Å². The normalized spacial score (nSPS) is 26.3. The molecular weight excluding hydrogens is 622 g/mol. The Morgan fingerprint density at radius 1 is 0.938 bits per heavy atom. The number of hydrogen-bond acceptors (Lipinski definition) is 11. The quantitative estimate of drug-likeness (QED) is 0.283. The summed E-state index contributed by atoms with van der Waals surface area (Å²) in [6.07, 6.45) is -0.659. The van der Waals surface area contributed by atoms with Gasteiger partial charge in [-0.3, -0.25) is 34.2 Å². The first-order chi connectivity index (χ1) is 22.8. The molecule has 0 spiro atoms. The predicted molar refractivity (Wildman–Crippen MR) is 169 cm³/mol. The number of ketones is 4. The van der Waals surface area contributed by atoms with Gasteiger partial charge in [-0.05, 0) is 92.0 Å². The number of phenols is 1. The van der Waals surface area contributed by atoms with Gasteiger partial charge in [-0.1, -0.05) is 18.2 Å². The van der Waals surface area contributed by atoms with Gasteiger partial charge in [0.05, 0.1) is 24.6 Å². The molecule has 5 N–H and O–H groups in total. The lowest BCUT2D eigenvalue weighted by molar-refractivity contribution is -0.181. The number of ether oxygens (including phenoxy) is 2. The molecule has 2 saturated carbocycles. The van der Waals surface area contributed by atoms with E-state index in [4.69, 9.17) is 15.2 Å². The number of carbonyl (C=O) groups is 6. The lowest BCUT2D eigenvalue weighted by atomic mass is 9.52. The third kappa shape index (κ3) is 5.11. The van der Waals surface area contributed by atoms with E-state index in [2.05, 4.69) is 5.32 Å². The van der Waals surface area contributed by atoms with Gasteiger partial charge in [0.25, 0.3) is 0 Å². The Labute approximate surface area is 274 Å². The third-order valence-corrected chi connectivity index (χ3v) is 9.66. The van der Waals surface area contributed by atoms with E-state index in [-0.39, 0.29) is 24.2 Å².